The van der Waals surface area contributed by atoms with E-state index in [4.69, 9.17) is 5.84 Å². The van der Waals surface area contributed by atoms with Gasteiger partial charge in [0.2, 0.25) is 0 Å². The lowest BCUT2D eigenvalue weighted by Crippen LogP contribution is -2.36. The fraction of sp³-hybridized carbons (Fsp3) is 0.583. The van der Waals surface area contributed by atoms with E-state index in [0.29, 0.717) is 0 Å². The molecular formula is C12H22N4. The molecule has 16 heavy (non-hydrogen) atoms. The second-order valence-electron chi connectivity index (χ2n) is 3.89. The molecule has 1 rings (SSSR count). The molecule has 0 amide bonds. The van der Waals surface area contributed by atoms with Gasteiger partial charge in [-0.1, -0.05) is 13.0 Å². The number of nitrogens with one attached hydrogen (secondary N) is 1. The molecular weight excluding hydrogens is 200 g/mol. The van der Waals surface area contributed by atoms with Crippen LogP contribution in [0.1, 0.15) is 31.7 Å². The van der Waals surface area contributed by atoms with Crippen LogP contribution in [0, 0.1) is 0 Å². The smallest absolute Gasteiger partial charge is 0.0624 e. The zero-order chi connectivity index (χ0) is 12.0. The third-order valence-electron chi connectivity index (χ3n) is 2.72. The van der Waals surface area contributed by atoms with Crippen molar-refractivity contribution in [2.24, 2.45) is 5.84 Å². The zero-order valence-electron chi connectivity index (χ0n) is 10.2. The van der Waals surface area contributed by atoms with E-state index in [2.05, 4.69) is 37.0 Å². The minimum Gasteiger partial charge on any atom is -0.271 e. The monoisotopic (exact) mass is 222 g/mol. The van der Waals surface area contributed by atoms with Gasteiger partial charge in [0.05, 0.1) is 5.69 Å². The SMILES string of the molecule is C=CCC(Cc1cc(CC)nn1CC)NN. The number of hydrogen-bond donors (Lipinski definition) is 2. The number of hydrogen-bond acceptors (Lipinski definition) is 3. The fourth-order valence-corrected chi connectivity index (χ4v) is 1.79. The van der Waals surface area contributed by atoms with Crippen LogP contribution in [0.25, 0.3) is 0 Å². The van der Waals surface area contributed by atoms with Crippen LogP contribution < -0.4 is 11.3 Å². The lowest BCUT2D eigenvalue weighted by atomic mass is 10.1. The average Bonchev–Trinajstić information content (AvgIpc) is 2.70. The summed E-state index contributed by atoms with van der Waals surface area (Å²) in [5.74, 6) is 5.51. The summed E-state index contributed by atoms with van der Waals surface area (Å²) in [5, 5.41) is 4.52. The van der Waals surface area contributed by atoms with Crippen molar-refractivity contribution in [3.63, 3.8) is 0 Å². The molecule has 1 aromatic rings. The summed E-state index contributed by atoms with van der Waals surface area (Å²) in [4.78, 5) is 0. The maximum Gasteiger partial charge on any atom is 0.0624 e. The predicted octanol–water partition coefficient (Wildman–Crippen LogP) is 1.42. The molecule has 0 bridgehead atoms. The zero-order valence-corrected chi connectivity index (χ0v) is 10.2. The molecule has 90 valence electrons. The van der Waals surface area contributed by atoms with E-state index in [1.54, 1.807) is 0 Å². The van der Waals surface area contributed by atoms with E-state index in [0.717, 1.165) is 31.5 Å². The molecule has 0 spiro atoms. The Labute approximate surface area is 97.5 Å². The first kappa shape index (κ1) is 12.9. The van der Waals surface area contributed by atoms with Crippen molar-refractivity contribution in [3.8, 4) is 0 Å². The number of aryl methyl sites for hydroxylation is 2. The second-order valence-corrected chi connectivity index (χ2v) is 3.89. The minimum absolute atomic E-state index is 0.240. The summed E-state index contributed by atoms with van der Waals surface area (Å²) in [5.41, 5.74) is 5.20. The Hall–Kier alpha value is -1.13. The molecule has 1 heterocycles. The predicted molar refractivity (Wildman–Crippen MR) is 66.9 cm³/mol. The molecule has 4 nitrogen and oxygen atoms in total. The van der Waals surface area contributed by atoms with Crippen molar-refractivity contribution in [1.29, 1.82) is 0 Å². The molecule has 0 fully saturated rings. The van der Waals surface area contributed by atoms with Crippen molar-refractivity contribution in [2.75, 3.05) is 0 Å². The van der Waals surface area contributed by atoms with Crippen LogP contribution in [0.4, 0.5) is 0 Å². The van der Waals surface area contributed by atoms with Gasteiger partial charge in [0, 0.05) is 24.7 Å². The Morgan fingerprint density at radius 2 is 2.38 bits per heavy atom. The van der Waals surface area contributed by atoms with Gasteiger partial charge in [-0.05, 0) is 25.8 Å². The average molecular weight is 222 g/mol. The summed E-state index contributed by atoms with van der Waals surface area (Å²) in [6.07, 6.45) is 4.62. The van der Waals surface area contributed by atoms with Crippen LogP contribution in [0.2, 0.25) is 0 Å². The number of nitrogens with two attached hydrogens (primary N) is 1. The molecule has 0 saturated carbocycles. The third kappa shape index (κ3) is 3.18. The van der Waals surface area contributed by atoms with Gasteiger partial charge in [0.15, 0.2) is 0 Å². The van der Waals surface area contributed by atoms with E-state index >= 15 is 0 Å². The van der Waals surface area contributed by atoms with Gasteiger partial charge in [0.1, 0.15) is 0 Å². The molecule has 0 radical (unpaired) electrons. The standard InChI is InChI=1S/C12H22N4/c1-4-7-11(14-13)9-12-8-10(5-2)15-16(12)6-3/h4,8,11,14H,1,5-7,9,13H2,2-3H3. The van der Waals surface area contributed by atoms with E-state index < -0.39 is 0 Å². The van der Waals surface area contributed by atoms with Crippen molar-refractivity contribution < 1.29 is 0 Å². The fourth-order valence-electron chi connectivity index (χ4n) is 1.79. The first-order valence-electron chi connectivity index (χ1n) is 5.87. The Bertz CT molecular complexity index is 330. The normalized spacial score (nSPS) is 12.7. The molecule has 1 aromatic heterocycles. The van der Waals surface area contributed by atoms with Crippen LogP contribution in [0.5, 0.6) is 0 Å². The molecule has 0 aromatic carbocycles. The Kier molecular flexibility index (Phi) is 5.22. The van der Waals surface area contributed by atoms with Crippen LogP contribution >= 0.6 is 0 Å². The lowest BCUT2D eigenvalue weighted by molar-refractivity contribution is 0.502. The molecule has 0 aliphatic heterocycles. The first-order chi connectivity index (χ1) is 7.74. The quantitative estimate of drug-likeness (QED) is 0.417. The van der Waals surface area contributed by atoms with Gasteiger partial charge in [-0.15, -0.1) is 6.58 Å². The van der Waals surface area contributed by atoms with Crippen LogP contribution in [-0.4, -0.2) is 15.8 Å². The molecule has 0 saturated heterocycles. The minimum atomic E-state index is 0.240. The number of hydrazine groups is 1. The Balaban J connectivity index is 2.77. The highest BCUT2D eigenvalue weighted by molar-refractivity contribution is 5.12. The van der Waals surface area contributed by atoms with Gasteiger partial charge in [-0.25, -0.2) is 0 Å². The Morgan fingerprint density at radius 1 is 1.62 bits per heavy atom. The molecule has 4 heteroatoms. The lowest BCUT2D eigenvalue weighted by Gasteiger charge is -2.14. The largest absolute Gasteiger partial charge is 0.271 e. The van der Waals surface area contributed by atoms with Gasteiger partial charge in [-0.3, -0.25) is 16.0 Å². The summed E-state index contributed by atoms with van der Waals surface area (Å²) in [6.45, 7) is 8.86. The van der Waals surface area contributed by atoms with Crippen molar-refractivity contribution in [2.45, 2.75) is 45.7 Å². The van der Waals surface area contributed by atoms with Crippen LogP contribution in [0.3, 0.4) is 0 Å². The molecule has 0 aliphatic carbocycles. The highest BCUT2D eigenvalue weighted by atomic mass is 15.3. The summed E-state index contributed by atoms with van der Waals surface area (Å²) >= 11 is 0. The van der Waals surface area contributed by atoms with E-state index in [1.807, 2.05) is 10.8 Å². The van der Waals surface area contributed by atoms with Crippen molar-refractivity contribution >= 4 is 0 Å². The van der Waals surface area contributed by atoms with Crippen LogP contribution in [0.15, 0.2) is 18.7 Å². The second kappa shape index (κ2) is 6.45. The number of nitrogens with zero attached hydrogens (tertiary/aromatic N) is 2. The van der Waals surface area contributed by atoms with Gasteiger partial charge in [-0.2, -0.15) is 5.10 Å². The van der Waals surface area contributed by atoms with Gasteiger partial charge in [0.25, 0.3) is 0 Å². The third-order valence-corrected chi connectivity index (χ3v) is 2.72. The van der Waals surface area contributed by atoms with E-state index in [1.165, 1.54) is 5.69 Å². The summed E-state index contributed by atoms with van der Waals surface area (Å²) in [7, 11) is 0. The maximum absolute atomic E-state index is 5.51. The maximum atomic E-state index is 5.51. The highest BCUT2D eigenvalue weighted by Gasteiger charge is 2.11. The summed E-state index contributed by atoms with van der Waals surface area (Å²) in [6, 6.07) is 2.40. The number of aromatic nitrogens is 2. The van der Waals surface area contributed by atoms with Gasteiger partial charge >= 0.3 is 0 Å². The van der Waals surface area contributed by atoms with E-state index in [9.17, 15) is 0 Å². The van der Waals surface area contributed by atoms with Crippen LogP contribution in [-0.2, 0) is 19.4 Å². The topological polar surface area (TPSA) is 55.9 Å². The highest BCUT2D eigenvalue weighted by Crippen LogP contribution is 2.09. The molecule has 3 N–H and O–H groups in total. The van der Waals surface area contributed by atoms with Gasteiger partial charge < -0.3 is 0 Å². The van der Waals surface area contributed by atoms with Crippen molar-refractivity contribution in [1.82, 2.24) is 15.2 Å². The van der Waals surface area contributed by atoms with Crippen molar-refractivity contribution in [3.05, 3.63) is 30.1 Å². The Morgan fingerprint density at radius 3 is 2.88 bits per heavy atom. The molecule has 1 unspecified atom stereocenters. The number of rotatable bonds is 7. The first-order valence-corrected chi connectivity index (χ1v) is 5.87. The summed E-state index contributed by atoms with van der Waals surface area (Å²) < 4.78 is 2.05. The molecule has 1 atom stereocenters. The van der Waals surface area contributed by atoms with E-state index in [-0.39, 0.29) is 6.04 Å². The molecule has 0 aliphatic rings.